The number of nitro benzene ring substituents is 1. The molecule has 8 heteroatoms. The molecule has 0 bridgehead atoms. The lowest BCUT2D eigenvalue weighted by molar-refractivity contribution is -0.384. The van der Waals surface area contributed by atoms with Crippen LogP contribution in [-0.2, 0) is 9.47 Å². The summed E-state index contributed by atoms with van der Waals surface area (Å²) in [6.07, 6.45) is -1.02. The topological polar surface area (TPSA) is 108 Å². The first-order chi connectivity index (χ1) is 13.3. The number of carbonyl (C=O) groups excluding carboxylic acids is 2. The second-order valence-corrected chi connectivity index (χ2v) is 6.19. The molecule has 2 aromatic carbocycles. The Morgan fingerprint density at radius 3 is 2.39 bits per heavy atom. The average Bonchev–Trinajstić information content (AvgIpc) is 2.68. The van der Waals surface area contributed by atoms with Gasteiger partial charge in [0.05, 0.1) is 17.1 Å². The molecular weight excluding hydrogens is 364 g/mol. The third-order valence-electron chi connectivity index (χ3n) is 4.04. The summed E-state index contributed by atoms with van der Waals surface area (Å²) >= 11 is 0. The maximum Gasteiger partial charge on any atom is 0.339 e. The molecule has 0 spiro atoms. The predicted octanol–water partition coefficient (Wildman–Crippen LogP) is 3.39. The van der Waals surface area contributed by atoms with Crippen LogP contribution in [0.25, 0.3) is 0 Å². The van der Waals surface area contributed by atoms with Crippen molar-refractivity contribution in [1.29, 1.82) is 0 Å². The van der Waals surface area contributed by atoms with E-state index in [1.165, 1.54) is 26.2 Å². The second-order valence-electron chi connectivity index (χ2n) is 6.19. The monoisotopic (exact) mass is 386 g/mol. The normalized spacial score (nSPS) is 11.5. The third-order valence-corrected chi connectivity index (χ3v) is 4.04. The number of methoxy groups -OCH3 is 1. The van der Waals surface area contributed by atoms with Crippen molar-refractivity contribution in [2.75, 3.05) is 25.6 Å². The van der Waals surface area contributed by atoms with Gasteiger partial charge in [0, 0.05) is 25.3 Å². The number of rotatable bonds is 9. The van der Waals surface area contributed by atoms with Crippen molar-refractivity contribution in [2.24, 2.45) is 0 Å². The molecule has 1 N–H and O–H groups in total. The molecule has 0 heterocycles. The van der Waals surface area contributed by atoms with Gasteiger partial charge in [0.25, 0.3) is 5.69 Å². The molecule has 0 aliphatic carbocycles. The fraction of sp³-hybridized carbons (Fsp3) is 0.300. The SMILES string of the molecule is COCCNc1ccc(C(=O)O[C@H](C)C(=O)c2ccc(C)cc2)cc1[N+](=O)[O-]. The Balaban J connectivity index is 2.12. The summed E-state index contributed by atoms with van der Waals surface area (Å²) in [6, 6.07) is 10.9. The van der Waals surface area contributed by atoms with Crippen molar-refractivity contribution in [3.05, 3.63) is 69.3 Å². The van der Waals surface area contributed by atoms with E-state index in [9.17, 15) is 19.7 Å². The summed E-state index contributed by atoms with van der Waals surface area (Å²) in [4.78, 5) is 35.5. The molecule has 0 amide bonds. The molecule has 0 aliphatic rings. The molecule has 0 radical (unpaired) electrons. The van der Waals surface area contributed by atoms with Crippen molar-refractivity contribution in [3.8, 4) is 0 Å². The number of esters is 1. The number of aryl methyl sites for hydroxylation is 1. The number of hydrogen-bond acceptors (Lipinski definition) is 7. The molecule has 2 aromatic rings. The minimum atomic E-state index is -1.02. The lowest BCUT2D eigenvalue weighted by Gasteiger charge is -2.13. The van der Waals surface area contributed by atoms with Gasteiger partial charge in [-0.1, -0.05) is 29.8 Å². The van der Waals surface area contributed by atoms with E-state index in [0.29, 0.717) is 18.7 Å². The molecule has 2 rings (SSSR count). The van der Waals surface area contributed by atoms with Crippen molar-refractivity contribution in [2.45, 2.75) is 20.0 Å². The van der Waals surface area contributed by atoms with Crippen LogP contribution in [-0.4, -0.2) is 43.0 Å². The molecule has 1 atom stereocenters. The number of ketones is 1. The molecular formula is C20H22N2O6. The minimum Gasteiger partial charge on any atom is -0.451 e. The number of benzene rings is 2. The standard InChI is InChI=1S/C20H22N2O6/c1-13-4-6-15(7-5-13)19(23)14(2)28-20(24)16-8-9-17(21-10-11-27-3)18(12-16)22(25)26/h4-9,12,14,21H,10-11H2,1-3H3/t14-/m1/s1. The van der Waals surface area contributed by atoms with Crippen LogP contribution in [0, 0.1) is 17.0 Å². The van der Waals surface area contributed by atoms with Gasteiger partial charge < -0.3 is 14.8 Å². The van der Waals surface area contributed by atoms with E-state index < -0.39 is 17.0 Å². The highest BCUT2D eigenvalue weighted by atomic mass is 16.6. The minimum absolute atomic E-state index is 0.00690. The smallest absolute Gasteiger partial charge is 0.339 e. The van der Waals surface area contributed by atoms with Gasteiger partial charge in [0.2, 0.25) is 5.78 Å². The summed E-state index contributed by atoms with van der Waals surface area (Å²) in [7, 11) is 1.52. The number of ether oxygens (including phenoxy) is 2. The third kappa shape index (κ3) is 5.37. The zero-order chi connectivity index (χ0) is 20.7. The summed E-state index contributed by atoms with van der Waals surface area (Å²) in [5, 5.41) is 14.2. The van der Waals surface area contributed by atoms with Crippen molar-refractivity contribution in [1.82, 2.24) is 0 Å². The first-order valence-corrected chi connectivity index (χ1v) is 8.66. The highest BCUT2D eigenvalue weighted by Crippen LogP contribution is 2.26. The predicted molar refractivity (Wildman–Crippen MR) is 104 cm³/mol. The Bertz CT molecular complexity index is 863. The van der Waals surface area contributed by atoms with E-state index in [0.717, 1.165) is 11.6 Å². The Morgan fingerprint density at radius 1 is 1.14 bits per heavy atom. The van der Waals surface area contributed by atoms with Gasteiger partial charge in [-0.05, 0) is 26.0 Å². The van der Waals surface area contributed by atoms with Gasteiger partial charge in [-0.25, -0.2) is 4.79 Å². The van der Waals surface area contributed by atoms with Crippen LogP contribution in [0.3, 0.4) is 0 Å². The van der Waals surface area contributed by atoms with Gasteiger partial charge in [-0.15, -0.1) is 0 Å². The number of Topliss-reactive ketones (excluding diaryl/α,β-unsaturated/α-hetero) is 1. The first kappa shape index (κ1) is 21.0. The molecule has 148 valence electrons. The quantitative estimate of drug-likeness (QED) is 0.231. The van der Waals surface area contributed by atoms with Crippen LogP contribution in [0.15, 0.2) is 42.5 Å². The fourth-order valence-electron chi connectivity index (χ4n) is 2.48. The lowest BCUT2D eigenvalue weighted by atomic mass is 10.1. The Kier molecular flexibility index (Phi) is 7.22. The van der Waals surface area contributed by atoms with E-state index >= 15 is 0 Å². The number of anilines is 1. The summed E-state index contributed by atoms with van der Waals surface area (Å²) < 4.78 is 10.1. The highest BCUT2D eigenvalue weighted by Gasteiger charge is 2.23. The van der Waals surface area contributed by atoms with Crippen molar-refractivity contribution in [3.63, 3.8) is 0 Å². The zero-order valence-corrected chi connectivity index (χ0v) is 15.9. The van der Waals surface area contributed by atoms with Crippen LogP contribution in [0.4, 0.5) is 11.4 Å². The molecule has 0 unspecified atom stereocenters. The van der Waals surface area contributed by atoms with E-state index in [1.54, 1.807) is 24.3 Å². The van der Waals surface area contributed by atoms with Gasteiger partial charge >= 0.3 is 5.97 Å². The Labute approximate surface area is 162 Å². The van der Waals surface area contributed by atoms with Crippen LogP contribution in [0.2, 0.25) is 0 Å². The number of carbonyl (C=O) groups is 2. The summed E-state index contributed by atoms with van der Waals surface area (Å²) in [6.45, 7) is 4.12. The van der Waals surface area contributed by atoms with Crippen molar-refractivity contribution >= 4 is 23.1 Å². The van der Waals surface area contributed by atoms with Gasteiger partial charge in [-0.3, -0.25) is 14.9 Å². The molecule has 0 fully saturated rings. The number of nitrogens with zero attached hydrogens (tertiary/aromatic N) is 1. The Morgan fingerprint density at radius 2 is 1.79 bits per heavy atom. The van der Waals surface area contributed by atoms with E-state index in [2.05, 4.69) is 5.32 Å². The molecule has 0 saturated heterocycles. The number of nitro groups is 1. The Hall–Kier alpha value is -3.26. The lowest BCUT2D eigenvalue weighted by Crippen LogP contribution is -2.24. The maximum atomic E-state index is 12.4. The summed E-state index contributed by atoms with van der Waals surface area (Å²) in [5.74, 6) is -1.15. The van der Waals surface area contributed by atoms with Crippen LogP contribution in [0.1, 0.15) is 33.2 Å². The second kappa shape index (κ2) is 9.61. The van der Waals surface area contributed by atoms with Crippen molar-refractivity contribution < 1.29 is 24.0 Å². The number of hydrogen-bond donors (Lipinski definition) is 1. The van der Waals surface area contributed by atoms with E-state index in [4.69, 9.17) is 9.47 Å². The van der Waals surface area contributed by atoms with Gasteiger partial charge in [-0.2, -0.15) is 0 Å². The largest absolute Gasteiger partial charge is 0.451 e. The molecule has 0 saturated carbocycles. The summed E-state index contributed by atoms with van der Waals surface area (Å²) in [5.41, 5.74) is 1.43. The maximum absolute atomic E-state index is 12.4. The first-order valence-electron chi connectivity index (χ1n) is 8.66. The van der Waals surface area contributed by atoms with Crippen LogP contribution < -0.4 is 5.32 Å². The highest BCUT2D eigenvalue weighted by molar-refractivity contribution is 6.01. The van der Waals surface area contributed by atoms with Gasteiger partial charge in [0.15, 0.2) is 6.10 Å². The van der Waals surface area contributed by atoms with E-state index in [1.807, 2.05) is 6.92 Å². The molecule has 8 nitrogen and oxygen atoms in total. The van der Waals surface area contributed by atoms with E-state index in [-0.39, 0.29) is 22.7 Å². The molecule has 0 aromatic heterocycles. The zero-order valence-electron chi connectivity index (χ0n) is 15.9. The molecule has 28 heavy (non-hydrogen) atoms. The van der Waals surface area contributed by atoms with Crippen LogP contribution >= 0.6 is 0 Å². The van der Waals surface area contributed by atoms with Crippen LogP contribution in [0.5, 0.6) is 0 Å². The average molecular weight is 386 g/mol. The number of nitrogens with one attached hydrogen (secondary N) is 1. The molecule has 0 aliphatic heterocycles. The van der Waals surface area contributed by atoms with Gasteiger partial charge in [0.1, 0.15) is 5.69 Å². The fourth-order valence-corrected chi connectivity index (χ4v) is 2.48.